The summed E-state index contributed by atoms with van der Waals surface area (Å²) in [6.07, 6.45) is 11.5. The minimum absolute atomic E-state index is 0.204. The van der Waals surface area contributed by atoms with E-state index in [9.17, 15) is 8.42 Å². The zero-order valence-corrected chi connectivity index (χ0v) is 26.0. The van der Waals surface area contributed by atoms with Gasteiger partial charge in [0.1, 0.15) is 0 Å². The molecular formula is C34H50O5S. The average Bonchev–Trinajstić information content (AvgIpc) is 3.36. The average molecular weight is 571 g/mol. The van der Waals surface area contributed by atoms with Gasteiger partial charge < -0.3 is 9.47 Å². The van der Waals surface area contributed by atoms with Crippen LogP contribution in [0.4, 0.5) is 0 Å². The van der Waals surface area contributed by atoms with Gasteiger partial charge in [-0.1, -0.05) is 45.4 Å². The highest BCUT2D eigenvalue weighted by Crippen LogP contribution is 2.71. The fourth-order valence-electron chi connectivity index (χ4n) is 11.3. The molecule has 0 bridgehead atoms. The molecule has 1 aromatic carbocycles. The van der Waals surface area contributed by atoms with Gasteiger partial charge in [-0.15, -0.1) is 0 Å². The maximum atomic E-state index is 13.0. The van der Waals surface area contributed by atoms with Gasteiger partial charge >= 0.3 is 0 Å². The van der Waals surface area contributed by atoms with Crippen molar-refractivity contribution in [3.05, 3.63) is 29.8 Å². The fourth-order valence-corrected chi connectivity index (χ4v) is 12.4. The van der Waals surface area contributed by atoms with Crippen LogP contribution < -0.4 is 0 Å². The first-order chi connectivity index (χ1) is 19.0. The molecule has 0 radical (unpaired) electrons. The lowest BCUT2D eigenvalue weighted by atomic mass is 9.44. The van der Waals surface area contributed by atoms with E-state index in [1.165, 1.54) is 38.5 Å². The van der Waals surface area contributed by atoms with Crippen LogP contribution in [-0.4, -0.2) is 33.0 Å². The molecule has 4 saturated carbocycles. The first-order valence-corrected chi connectivity index (χ1v) is 17.7. The molecule has 0 amide bonds. The van der Waals surface area contributed by atoms with Crippen LogP contribution in [0, 0.1) is 59.2 Å². The summed E-state index contributed by atoms with van der Waals surface area (Å²) in [6.45, 7) is 12.7. The highest BCUT2D eigenvalue weighted by molar-refractivity contribution is 7.86. The van der Waals surface area contributed by atoms with E-state index in [1.54, 1.807) is 12.1 Å². The van der Waals surface area contributed by atoms with Crippen molar-refractivity contribution in [1.82, 2.24) is 0 Å². The Hall–Kier alpha value is -0.950. The van der Waals surface area contributed by atoms with Crippen LogP contribution in [0.2, 0.25) is 0 Å². The monoisotopic (exact) mass is 570 g/mol. The number of benzene rings is 1. The Morgan fingerprint density at radius 2 is 1.62 bits per heavy atom. The van der Waals surface area contributed by atoms with Crippen molar-refractivity contribution in [1.29, 1.82) is 0 Å². The normalized spacial score (nSPS) is 50.2. The molecule has 7 rings (SSSR count). The molecule has 0 N–H and O–H groups in total. The van der Waals surface area contributed by atoms with Gasteiger partial charge in [0.25, 0.3) is 10.1 Å². The van der Waals surface area contributed by atoms with Crippen molar-refractivity contribution in [2.24, 2.45) is 52.3 Å². The predicted molar refractivity (Wildman–Crippen MR) is 155 cm³/mol. The summed E-state index contributed by atoms with van der Waals surface area (Å²) in [5.41, 5.74) is 1.68. The molecule has 1 spiro atoms. The van der Waals surface area contributed by atoms with Crippen LogP contribution >= 0.6 is 0 Å². The quantitative estimate of drug-likeness (QED) is 0.352. The van der Waals surface area contributed by atoms with Crippen LogP contribution in [-0.2, 0) is 23.8 Å². The highest BCUT2D eigenvalue weighted by Gasteiger charge is 2.69. The van der Waals surface area contributed by atoms with Gasteiger partial charge in [-0.3, -0.25) is 4.18 Å². The molecule has 222 valence electrons. The first-order valence-electron chi connectivity index (χ1n) is 16.3. The molecule has 40 heavy (non-hydrogen) atoms. The third kappa shape index (κ3) is 4.12. The lowest BCUT2D eigenvalue weighted by Gasteiger charge is -2.61. The molecule has 6 aliphatic rings. The second kappa shape index (κ2) is 9.53. The Balaban J connectivity index is 1.05. The molecule has 2 heterocycles. The summed E-state index contributed by atoms with van der Waals surface area (Å²) >= 11 is 0. The van der Waals surface area contributed by atoms with Crippen molar-refractivity contribution >= 4 is 10.1 Å². The summed E-state index contributed by atoms with van der Waals surface area (Å²) < 4.78 is 45.4. The molecule has 2 aliphatic heterocycles. The molecule has 4 aliphatic carbocycles. The third-order valence-corrected chi connectivity index (χ3v) is 14.8. The lowest BCUT2D eigenvalue weighted by Crippen LogP contribution is -2.55. The van der Waals surface area contributed by atoms with E-state index in [4.69, 9.17) is 13.7 Å². The predicted octanol–water partition coefficient (Wildman–Crippen LogP) is 7.52. The van der Waals surface area contributed by atoms with Gasteiger partial charge in [-0.25, -0.2) is 0 Å². The Morgan fingerprint density at radius 3 is 2.35 bits per heavy atom. The fraction of sp³-hybridized carbons (Fsp3) is 0.824. The van der Waals surface area contributed by atoms with Crippen molar-refractivity contribution in [2.45, 2.75) is 122 Å². The van der Waals surface area contributed by atoms with E-state index in [0.29, 0.717) is 35.2 Å². The largest absolute Gasteiger partial charge is 0.349 e. The number of ether oxygens (including phenoxy) is 2. The lowest BCUT2D eigenvalue weighted by molar-refractivity contribution is -0.273. The number of aryl methyl sites for hydroxylation is 1. The number of hydrogen-bond acceptors (Lipinski definition) is 5. The summed E-state index contributed by atoms with van der Waals surface area (Å²) in [7, 11) is -3.73. The minimum atomic E-state index is -3.73. The third-order valence-electron chi connectivity index (χ3n) is 13.5. The smallest absolute Gasteiger partial charge is 0.297 e. The Morgan fingerprint density at radius 1 is 0.875 bits per heavy atom. The van der Waals surface area contributed by atoms with Gasteiger partial charge in [0.05, 0.1) is 23.7 Å². The summed E-state index contributed by atoms with van der Waals surface area (Å²) in [5.74, 6) is 4.14. The first kappa shape index (κ1) is 27.9. The molecule has 0 aromatic heterocycles. The van der Waals surface area contributed by atoms with Gasteiger partial charge in [0.15, 0.2) is 5.79 Å². The highest BCUT2D eigenvalue weighted by atomic mass is 32.2. The maximum absolute atomic E-state index is 13.0. The molecule has 1 aromatic rings. The Kier molecular flexibility index (Phi) is 6.63. The van der Waals surface area contributed by atoms with Crippen molar-refractivity contribution in [3.63, 3.8) is 0 Å². The van der Waals surface area contributed by atoms with Crippen LogP contribution in [0.3, 0.4) is 0 Å². The van der Waals surface area contributed by atoms with E-state index < -0.39 is 10.1 Å². The van der Waals surface area contributed by atoms with Gasteiger partial charge in [-0.2, -0.15) is 8.42 Å². The standard InChI is InChI=1S/C34H50O5S/c1-21-6-9-26(10-7-21)40(35,36)39-25-13-15-32(4)24(18-25)8-11-27-28(32)14-16-33(5)29(27)19-30-31(33)23(3)34(38-30)17-12-22(2)20-37-34/h6-7,9-10,22-25,27-31H,8,11-20H2,1-5H3/t22-,23-,24+,25+,27+,28-,29+,30-,31-,32-,33-,34+/m0/s1. The second-order valence-corrected chi connectivity index (χ2v) is 17.0. The van der Waals surface area contributed by atoms with Crippen molar-refractivity contribution in [2.75, 3.05) is 6.61 Å². The Bertz CT molecular complexity index is 1220. The molecule has 2 saturated heterocycles. The van der Waals surface area contributed by atoms with Gasteiger partial charge in [0.2, 0.25) is 0 Å². The minimum Gasteiger partial charge on any atom is -0.349 e. The summed E-state index contributed by atoms with van der Waals surface area (Å²) in [5, 5.41) is 0. The van der Waals surface area contributed by atoms with Crippen molar-refractivity contribution in [3.8, 4) is 0 Å². The molecular weight excluding hydrogens is 520 g/mol. The van der Waals surface area contributed by atoms with Crippen LogP contribution in [0.25, 0.3) is 0 Å². The molecule has 5 nitrogen and oxygen atoms in total. The Labute approximate surface area is 242 Å². The van der Waals surface area contributed by atoms with Crippen molar-refractivity contribution < 1.29 is 22.1 Å². The molecule has 0 unspecified atom stereocenters. The summed E-state index contributed by atoms with van der Waals surface area (Å²) in [6, 6.07) is 7.04. The van der Waals surface area contributed by atoms with Crippen LogP contribution in [0.15, 0.2) is 29.2 Å². The summed E-state index contributed by atoms with van der Waals surface area (Å²) in [4.78, 5) is 0.278. The van der Waals surface area contributed by atoms with Crippen LogP contribution in [0.5, 0.6) is 0 Å². The molecule has 6 heteroatoms. The van der Waals surface area contributed by atoms with E-state index in [0.717, 1.165) is 55.6 Å². The van der Waals surface area contributed by atoms with E-state index in [1.807, 2.05) is 19.1 Å². The number of rotatable bonds is 3. The van der Waals surface area contributed by atoms with E-state index in [-0.39, 0.29) is 22.2 Å². The SMILES string of the molecule is Cc1ccc(S(=O)(=O)O[C@@H]2CC[C@@]3(C)[C@H](CC[C@H]4[C@H]5C[C@@H]6O[C@]7(CC[C@H](C)CO7)[C@@H](C)[C@@H]6[C@@]5(C)CC[C@@H]43)C2)cc1. The van der Waals surface area contributed by atoms with Gasteiger partial charge in [-0.05, 0) is 123 Å². The molecule has 6 fully saturated rings. The van der Waals surface area contributed by atoms with Crippen LogP contribution in [0.1, 0.15) is 97.5 Å². The van der Waals surface area contributed by atoms with E-state index in [2.05, 4.69) is 27.7 Å². The maximum Gasteiger partial charge on any atom is 0.297 e. The number of fused-ring (bicyclic) bond motifs is 7. The second-order valence-electron chi connectivity index (χ2n) is 15.4. The van der Waals surface area contributed by atoms with Gasteiger partial charge in [0, 0.05) is 12.3 Å². The van der Waals surface area contributed by atoms with E-state index >= 15 is 0 Å². The zero-order chi connectivity index (χ0) is 28.1. The number of hydrogen-bond donors (Lipinski definition) is 0. The zero-order valence-electron chi connectivity index (χ0n) is 25.2. The topological polar surface area (TPSA) is 61.8 Å². The molecule has 12 atom stereocenters.